The Morgan fingerprint density at radius 2 is 1.71 bits per heavy atom. The zero-order valence-corrected chi connectivity index (χ0v) is 10.4. The van der Waals surface area contributed by atoms with E-state index in [0.717, 1.165) is 5.56 Å². The van der Waals surface area contributed by atoms with Crippen LogP contribution in [0.2, 0.25) is 0 Å². The predicted octanol–water partition coefficient (Wildman–Crippen LogP) is 4.66. The third kappa shape index (κ3) is 3.07. The summed E-state index contributed by atoms with van der Waals surface area (Å²) in [5.74, 6) is -0.190. The van der Waals surface area contributed by atoms with E-state index in [0.29, 0.717) is 12.0 Å². The first-order valence-electron chi connectivity index (χ1n) is 5.61. The molecule has 0 fully saturated rings. The zero-order valence-electron chi connectivity index (χ0n) is 9.66. The van der Waals surface area contributed by atoms with E-state index in [9.17, 15) is 4.39 Å². The molecule has 0 aliphatic rings. The molecule has 0 saturated heterocycles. The van der Waals surface area contributed by atoms with Gasteiger partial charge in [-0.3, -0.25) is 0 Å². The van der Waals surface area contributed by atoms with Gasteiger partial charge < -0.3 is 0 Å². The lowest BCUT2D eigenvalue weighted by molar-refractivity contribution is 0.607. The summed E-state index contributed by atoms with van der Waals surface area (Å²) in [5.41, 5.74) is 2.89. The highest BCUT2D eigenvalue weighted by Crippen LogP contribution is 2.26. The first kappa shape index (κ1) is 12.1. The van der Waals surface area contributed by atoms with E-state index in [4.69, 9.17) is 11.6 Å². The molecule has 0 nitrogen and oxygen atoms in total. The molecule has 2 rings (SSSR count). The Morgan fingerprint density at radius 3 is 2.35 bits per heavy atom. The van der Waals surface area contributed by atoms with Crippen molar-refractivity contribution in [1.29, 1.82) is 0 Å². The molecule has 0 heterocycles. The molecule has 0 aromatic heterocycles. The van der Waals surface area contributed by atoms with Crippen molar-refractivity contribution < 1.29 is 4.39 Å². The summed E-state index contributed by atoms with van der Waals surface area (Å²) in [7, 11) is 0. The minimum Gasteiger partial charge on any atom is -0.207 e. The summed E-state index contributed by atoms with van der Waals surface area (Å²) >= 11 is 6.30. The quantitative estimate of drug-likeness (QED) is 0.694. The summed E-state index contributed by atoms with van der Waals surface area (Å²) in [5, 5.41) is -0.188. The molecule has 0 spiro atoms. The van der Waals surface area contributed by atoms with Gasteiger partial charge in [-0.2, -0.15) is 0 Å². The number of hydrogen-bond acceptors (Lipinski definition) is 0. The van der Waals surface area contributed by atoms with E-state index in [1.54, 1.807) is 12.1 Å². The fourth-order valence-electron chi connectivity index (χ4n) is 1.75. The summed E-state index contributed by atoms with van der Waals surface area (Å²) in [6, 6.07) is 14.8. The van der Waals surface area contributed by atoms with E-state index in [1.165, 1.54) is 11.6 Å². The van der Waals surface area contributed by atoms with Crippen LogP contribution in [0.25, 0.3) is 0 Å². The highest BCUT2D eigenvalue weighted by atomic mass is 35.5. The van der Waals surface area contributed by atoms with Gasteiger partial charge in [0.25, 0.3) is 0 Å². The molecule has 0 bridgehead atoms. The van der Waals surface area contributed by atoms with E-state index < -0.39 is 0 Å². The largest absolute Gasteiger partial charge is 0.207 e. The lowest BCUT2D eigenvalue weighted by atomic mass is 10.0. The zero-order chi connectivity index (χ0) is 12.3. The van der Waals surface area contributed by atoms with Gasteiger partial charge in [-0.25, -0.2) is 4.39 Å². The Morgan fingerprint density at radius 1 is 1.06 bits per heavy atom. The van der Waals surface area contributed by atoms with Gasteiger partial charge in [0, 0.05) is 0 Å². The molecule has 2 heteroatoms. The normalized spacial score (nSPS) is 12.4. The molecule has 1 atom stereocenters. The number of halogens is 2. The van der Waals surface area contributed by atoms with Gasteiger partial charge in [-0.15, -0.1) is 11.6 Å². The van der Waals surface area contributed by atoms with Gasteiger partial charge in [0.15, 0.2) is 0 Å². The van der Waals surface area contributed by atoms with Crippen LogP contribution in [0.4, 0.5) is 4.39 Å². The standard InChI is InChI=1S/C15H14ClF/c1-11-6-8-12(9-7-11)14(16)10-13-4-2-3-5-15(13)17/h2-9,14H,10H2,1H3. The topological polar surface area (TPSA) is 0 Å². The minimum absolute atomic E-state index is 0.188. The minimum atomic E-state index is -0.190. The summed E-state index contributed by atoms with van der Waals surface area (Å²) in [6.07, 6.45) is 0.511. The molecule has 0 radical (unpaired) electrons. The number of rotatable bonds is 3. The van der Waals surface area contributed by atoms with Crippen molar-refractivity contribution in [3.8, 4) is 0 Å². The van der Waals surface area contributed by atoms with Crippen molar-refractivity contribution in [3.05, 3.63) is 71.0 Å². The van der Waals surface area contributed by atoms with Gasteiger partial charge in [0.2, 0.25) is 0 Å². The van der Waals surface area contributed by atoms with Crippen LogP contribution in [0.3, 0.4) is 0 Å². The monoisotopic (exact) mass is 248 g/mol. The van der Waals surface area contributed by atoms with E-state index in [-0.39, 0.29) is 11.2 Å². The second kappa shape index (κ2) is 5.33. The maximum Gasteiger partial charge on any atom is 0.126 e. The fourth-order valence-corrected chi connectivity index (χ4v) is 2.06. The average Bonchev–Trinajstić information content (AvgIpc) is 2.33. The van der Waals surface area contributed by atoms with Crippen molar-refractivity contribution in [1.82, 2.24) is 0 Å². The Balaban J connectivity index is 2.14. The highest BCUT2D eigenvalue weighted by molar-refractivity contribution is 6.20. The predicted molar refractivity (Wildman–Crippen MR) is 69.9 cm³/mol. The van der Waals surface area contributed by atoms with Gasteiger partial charge in [-0.1, -0.05) is 48.0 Å². The molecular weight excluding hydrogens is 235 g/mol. The SMILES string of the molecule is Cc1ccc(C(Cl)Cc2ccccc2F)cc1. The number of hydrogen-bond donors (Lipinski definition) is 0. The molecule has 0 amide bonds. The molecule has 0 N–H and O–H groups in total. The first-order valence-corrected chi connectivity index (χ1v) is 6.04. The number of aryl methyl sites for hydroxylation is 1. The van der Waals surface area contributed by atoms with E-state index >= 15 is 0 Å². The summed E-state index contributed by atoms with van der Waals surface area (Å²) in [4.78, 5) is 0. The van der Waals surface area contributed by atoms with Crippen LogP contribution in [0.15, 0.2) is 48.5 Å². The average molecular weight is 249 g/mol. The number of alkyl halides is 1. The van der Waals surface area contributed by atoms with Crippen molar-refractivity contribution in [3.63, 3.8) is 0 Å². The second-order valence-corrected chi connectivity index (χ2v) is 4.70. The lowest BCUT2D eigenvalue weighted by Gasteiger charge is -2.10. The molecule has 0 saturated carbocycles. The van der Waals surface area contributed by atoms with Crippen LogP contribution in [0, 0.1) is 12.7 Å². The fraction of sp³-hybridized carbons (Fsp3) is 0.200. The molecule has 1 unspecified atom stereocenters. The Hall–Kier alpha value is -1.34. The second-order valence-electron chi connectivity index (χ2n) is 4.17. The lowest BCUT2D eigenvalue weighted by Crippen LogP contribution is -1.98. The summed E-state index contributed by atoms with van der Waals surface area (Å²) < 4.78 is 13.5. The molecule has 0 aliphatic heterocycles. The van der Waals surface area contributed by atoms with Crippen LogP contribution < -0.4 is 0 Å². The van der Waals surface area contributed by atoms with E-state index in [2.05, 4.69) is 0 Å². The molecule has 17 heavy (non-hydrogen) atoms. The van der Waals surface area contributed by atoms with Crippen LogP contribution in [0.5, 0.6) is 0 Å². The molecule has 0 aliphatic carbocycles. The molecule has 2 aromatic rings. The maximum absolute atomic E-state index is 13.5. The van der Waals surface area contributed by atoms with Gasteiger partial charge in [0.05, 0.1) is 5.38 Å². The Kier molecular flexibility index (Phi) is 3.80. The van der Waals surface area contributed by atoms with Crippen LogP contribution >= 0.6 is 11.6 Å². The van der Waals surface area contributed by atoms with Crippen LogP contribution in [0.1, 0.15) is 22.1 Å². The number of benzene rings is 2. The van der Waals surface area contributed by atoms with E-state index in [1.807, 2.05) is 37.3 Å². The van der Waals surface area contributed by atoms with Crippen molar-refractivity contribution in [2.24, 2.45) is 0 Å². The first-order chi connectivity index (χ1) is 8.16. The Labute approximate surface area is 106 Å². The third-order valence-corrected chi connectivity index (χ3v) is 3.20. The van der Waals surface area contributed by atoms with Crippen molar-refractivity contribution in [2.75, 3.05) is 0 Å². The van der Waals surface area contributed by atoms with Gasteiger partial charge >= 0.3 is 0 Å². The van der Waals surface area contributed by atoms with Crippen LogP contribution in [-0.2, 0) is 6.42 Å². The molecule has 88 valence electrons. The maximum atomic E-state index is 13.5. The van der Waals surface area contributed by atoms with Gasteiger partial charge in [0.1, 0.15) is 5.82 Å². The molecule has 2 aromatic carbocycles. The molecular formula is C15H14ClF. The third-order valence-electron chi connectivity index (χ3n) is 2.80. The van der Waals surface area contributed by atoms with Gasteiger partial charge in [-0.05, 0) is 30.5 Å². The van der Waals surface area contributed by atoms with Crippen molar-refractivity contribution in [2.45, 2.75) is 18.7 Å². The van der Waals surface area contributed by atoms with Crippen LogP contribution in [-0.4, -0.2) is 0 Å². The Bertz CT molecular complexity index is 491. The highest BCUT2D eigenvalue weighted by Gasteiger charge is 2.11. The smallest absolute Gasteiger partial charge is 0.126 e. The van der Waals surface area contributed by atoms with Crippen molar-refractivity contribution >= 4 is 11.6 Å². The summed E-state index contributed by atoms with van der Waals surface area (Å²) in [6.45, 7) is 2.03.